The van der Waals surface area contributed by atoms with Gasteiger partial charge in [0.2, 0.25) is 0 Å². The molecule has 0 radical (unpaired) electrons. The van der Waals surface area contributed by atoms with Crippen LogP contribution in [0.4, 0.5) is 5.82 Å². The van der Waals surface area contributed by atoms with E-state index in [1.165, 1.54) is 0 Å². The summed E-state index contributed by atoms with van der Waals surface area (Å²) in [5.41, 5.74) is 6.30. The van der Waals surface area contributed by atoms with Gasteiger partial charge in [0, 0.05) is 5.25 Å². The summed E-state index contributed by atoms with van der Waals surface area (Å²) in [7, 11) is 0. The molecule has 1 heterocycles. The minimum Gasteiger partial charge on any atom is -0.383 e. The van der Waals surface area contributed by atoms with Crippen LogP contribution in [-0.4, -0.2) is 15.2 Å². The Balaban J connectivity index is 2.88. The van der Waals surface area contributed by atoms with E-state index < -0.39 is 0 Å². The van der Waals surface area contributed by atoms with Gasteiger partial charge in [-0.15, -0.1) is 0 Å². The molecule has 0 aliphatic rings. The molecule has 1 rings (SSSR count). The van der Waals surface area contributed by atoms with Crippen LogP contribution in [0.15, 0.2) is 4.79 Å². The molecule has 3 N–H and O–H groups in total. The molecule has 96 valence electrons. The van der Waals surface area contributed by atoms with Crippen molar-refractivity contribution in [3.63, 3.8) is 0 Å². The Morgan fingerprint density at radius 3 is 2.53 bits per heavy atom. The normalized spacial score (nSPS) is 13.0. The number of anilines is 1. The molecule has 0 saturated heterocycles. The first-order chi connectivity index (χ1) is 7.95. The van der Waals surface area contributed by atoms with Crippen molar-refractivity contribution in [2.24, 2.45) is 0 Å². The fraction of sp³-hybridized carbons (Fsp3) is 0.667. The molecule has 1 aromatic rings. The lowest BCUT2D eigenvalue weighted by Crippen LogP contribution is -2.20. The van der Waals surface area contributed by atoms with Gasteiger partial charge in [0.1, 0.15) is 11.6 Å². The SMILES string of the molecule is CCC(C)SCc1nc(N)c(C(C)C)c(=O)[nH]1. The zero-order chi connectivity index (χ0) is 13.0. The molecular weight excluding hydrogens is 234 g/mol. The molecular formula is C12H21N3OS. The summed E-state index contributed by atoms with van der Waals surface area (Å²) in [4.78, 5) is 18.9. The van der Waals surface area contributed by atoms with Crippen LogP contribution < -0.4 is 11.3 Å². The molecule has 1 aromatic heterocycles. The minimum absolute atomic E-state index is 0.0996. The molecule has 0 aliphatic heterocycles. The van der Waals surface area contributed by atoms with Crippen LogP contribution in [0.3, 0.4) is 0 Å². The van der Waals surface area contributed by atoms with Gasteiger partial charge >= 0.3 is 0 Å². The molecule has 0 fully saturated rings. The van der Waals surface area contributed by atoms with E-state index >= 15 is 0 Å². The van der Waals surface area contributed by atoms with Crippen LogP contribution in [0.2, 0.25) is 0 Å². The van der Waals surface area contributed by atoms with E-state index in [0.29, 0.717) is 28.2 Å². The van der Waals surface area contributed by atoms with Gasteiger partial charge in [0.15, 0.2) is 0 Å². The predicted molar refractivity (Wildman–Crippen MR) is 74.4 cm³/mol. The maximum Gasteiger partial charge on any atom is 0.256 e. The summed E-state index contributed by atoms with van der Waals surface area (Å²) in [6.45, 7) is 8.19. The van der Waals surface area contributed by atoms with E-state index in [9.17, 15) is 4.79 Å². The van der Waals surface area contributed by atoms with E-state index in [0.717, 1.165) is 6.42 Å². The van der Waals surface area contributed by atoms with Crippen molar-refractivity contribution >= 4 is 17.6 Å². The fourth-order valence-corrected chi connectivity index (χ4v) is 2.33. The smallest absolute Gasteiger partial charge is 0.256 e. The second-order valence-corrected chi connectivity index (χ2v) is 5.92. The zero-order valence-electron chi connectivity index (χ0n) is 10.9. The fourth-order valence-electron chi connectivity index (χ4n) is 1.51. The van der Waals surface area contributed by atoms with Crippen molar-refractivity contribution < 1.29 is 0 Å². The first-order valence-electron chi connectivity index (χ1n) is 5.95. The number of aromatic nitrogens is 2. The molecule has 1 atom stereocenters. The van der Waals surface area contributed by atoms with Crippen molar-refractivity contribution in [2.45, 2.75) is 51.0 Å². The lowest BCUT2D eigenvalue weighted by atomic mass is 10.1. The summed E-state index contributed by atoms with van der Waals surface area (Å²) >= 11 is 1.77. The van der Waals surface area contributed by atoms with Crippen molar-refractivity contribution in [2.75, 3.05) is 5.73 Å². The summed E-state index contributed by atoms with van der Waals surface area (Å²) in [6.07, 6.45) is 1.11. The molecule has 0 aromatic carbocycles. The summed E-state index contributed by atoms with van der Waals surface area (Å²) in [5.74, 6) is 1.83. The number of nitrogen functional groups attached to an aromatic ring is 1. The van der Waals surface area contributed by atoms with Crippen LogP contribution in [0.25, 0.3) is 0 Å². The van der Waals surface area contributed by atoms with Gasteiger partial charge in [0.05, 0.1) is 11.3 Å². The molecule has 0 saturated carbocycles. The first kappa shape index (κ1) is 14.1. The minimum atomic E-state index is -0.104. The maximum atomic E-state index is 11.8. The molecule has 5 heteroatoms. The molecule has 0 amide bonds. The Kier molecular flexibility index (Phi) is 5.05. The number of nitrogens with one attached hydrogen (secondary N) is 1. The van der Waals surface area contributed by atoms with Crippen molar-refractivity contribution in [3.8, 4) is 0 Å². The van der Waals surface area contributed by atoms with Gasteiger partial charge in [-0.05, 0) is 12.3 Å². The van der Waals surface area contributed by atoms with Crippen LogP contribution in [0.5, 0.6) is 0 Å². The number of thioether (sulfide) groups is 1. The molecule has 0 bridgehead atoms. The maximum absolute atomic E-state index is 11.8. The highest BCUT2D eigenvalue weighted by molar-refractivity contribution is 7.99. The summed E-state index contributed by atoms with van der Waals surface area (Å²) in [6, 6.07) is 0. The average Bonchev–Trinajstić information content (AvgIpc) is 2.24. The highest BCUT2D eigenvalue weighted by Crippen LogP contribution is 2.19. The van der Waals surface area contributed by atoms with Gasteiger partial charge in [-0.1, -0.05) is 27.7 Å². The highest BCUT2D eigenvalue weighted by Gasteiger charge is 2.12. The van der Waals surface area contributed by atoms with Crippen LogP contribution in [-0.2, 0) is 5.75 Å². The number of hydrogen-bond acceptors (Lipinski definition) is 4. The molecule has 4 nitrogen and oxygen atoms in total. The van der Waals surface area contributed by atoms with Crippen LogP contribution in [0, 0.1) is 0 Å². The largest absolute Gasteiger partial charge is 0.383 e. The number of nitrogens with zero attached hydrogens (tertiary/aromatic N) is 1. The second kappa shape index (κ2) is 6.10. The summed E-state index contributed by atoms with van der Waals surface area (Å²) in [5, 5.41) is 0.561. The quantitative estimate of drug-likeness (QED) is 0.848. The van der Waals surface area contributed by atoms with Crippen molar-refractivity contribution in [1.29, 1.82) is 0 Å². The van der Waals surface area contributed by atoms with E-state index in [4.69, 9.17) is 5.73 Å². The monoisotopic (exact) mass is 255 g/mol. The van der Waals surface area contributed by atoms with Gasteiger partial charge in [-0.25, -0.2) is 4.98 Å². The highest BCUT2D eigenvalue weighted by atomic mass is 32.2. The standard InChI is InChI=1S/C12H21N3OS/c1-5-8(4)17-6-9-14-11(13)10(7(2)3)12(16)15-9/h7-8H,5-6H2,1-4H3,(H3,13,14,15,16). The molecule has 1 unspecified atom stereocenters. The Bertz CT molecular complexity index is 428. The summed E-state index contributed by atoms with van der Waals surface area (Å²) < 4.78 is 0. The van der Waals surface area contributed by atoms with Crippen LogP contribution in [0.1, 0.15) is 51.4 Å². The van der Waals surface area contributed by atoms with E-state index in [2.05, 4.69) is 23.8 Å². The number of nitrogens with two attached hydrogens (primary N) is 1. The lowest BCUT2D eigenvalue weighted by Gasteiger charge is -2.11. The van der Waals surface area contributed by atoms with Crippen LogP contribution >= 0.6 is 11.8 Å². The van der Waals surface area contributed by atoms with Gasteiger partial charge in [-0.2, -0.15) is 11.8 Å². The van der Waals surface area contributed by atoms with Gasteiger partial charge < -0.3 is 10.7 Å². The predicted octanol–water partition coefficient (Wildman–Crippen LogP) is 2.51. The zero-order valence-corrected chi connectivity index (χ0v) is 11.7. The molecule has 0 spiro atoms. The third kappa shape index (κ3) is 3.77. The Hall–Kier alpha value is -0.970. The van der Waals surface area contributed by atoms with E-state index in [1.807, 2.05) is 13.8 Å². The van der Waals surface area contributed by atoms with Crippen molar-refractivity contribution in [3.05, 3.63) is 21.7 Å². The molecule has 17 heavy (non-hydrogen) atoms. The third-order valence-corrected chi connectivity index (χ3v) is 4.03. The number of H-pyrrole nitrogens is 1. The lowest BCUT2D eigenvalue weighted by molar-refractivity contribution is 0.823. The number of rotatable bonds is 5. The average molecular weight is 255 g/mol. The Morgan fingerprint density at radius 2 is 2.06 bits per heavy atom. The first-order valence-corrected chi connectivity index (χ1v) is 7.00. The van der Waals surface area contributed by atoms with Gasteiger partial charge in [0.25, 0.3) is 5.56 Å². The van der Waals surface area contributed by atoms with E-state index in [-0.39, 0.29) is 11.5 Å². The van der Waals surface area contributed by atoms with Crippen molar-refractivity contribution in [1.82, 2.24) is 9.97 Å². The van der Waals surface area contributed by atoms with Gasteiger partial charge in [-0.3, -0.25) is 4.79 Å². The molecule has 0 aliphatic carbocycles. The number of hydrogen-bond donors (Lipinski definition) is 2. The third-order valence-electron chi connectivity index (χ3n) is 2.69. The van der Waals surface area contributed by atoms with E-state index in [1.54, 1.807) is 11.8 Å². The topological polar surface area (TPSA) is 71.8 Å². The number of aromatic amines is 1. The Labute approximate surface area is 106 Å². The Morgan fingerprint density at radius 1 is 1.41 bits per heavy atom. The second-order valence-electron chi connectivity index (χ2n) is 4.50.